The highest BCUT2D eigenvalue weighted by Gasteiger charge is 2.13. The minimum Gasteiger partial charge on any atom is -0.458 e. The van der Waals surface area contributed by atoms with Gasteiger partial charge in [-0.3, -0.25) is 0 Å². The number of para-hydroxylation sites is 2. The van der Waals surface area contributed by atoms with E-state index in [1.807, 2.05) is 30.3 Å². The molecule has 0 radical (unpaired) electrons. The van der Waals surface area contributed by atoms with E-state index >= 15 is 0 Å². The molecule has 0 saturated heterocycles. The average Bonchev–Trinajstić information content (AvgIpc) is 2.82. The van der Waals surface area contributed by atoms with Gasteiger partial charge in [-0.2, -0.15) is 0 Å². The monoisotopic (exact) mass is 263 g/mol. The molecule has 0 aliphatic rings. The van der Waals surface area contributed by atoms with Crippen LogP contribution in [0.4, 0.5) is 0 Å². The zero-order valence-electron chi connectivity index (χ0n) is 7.61. The van der Waals surface area contributed by atoms with E-state index in [1.165, 1.54) is 0 Å². The number of hydrogen-bond donors (Lipinski definition) is 0. The highest BCUT2D eigenvalue weighted by atomic mass is 79.9. The Labute approximate surface area is 93.8 Å². The lowest BCUT2D eigenvalue weighted by atomic mass is 10.3. The van der Waals surface area contributed by atoms with Gasteiger partial charge in [0.1, 0.15) is 5.52 Å². The topological polar surface area (TPSA) is 39.2 Å². The third-order valence-electron chi connectivity index (χ3n) is 2.11. The lowest BCUT2D eigenvalue weighted by molar-refractivity contribution is 0.533. The SMILES string of the molecule is Brc1ccoc1-c1nc2ccccc2o1. The fraction of sp³-hybridized carbons (Fsp3) is 0. The van der Waals surface area contributed by atoms with Gasteiger partial charge < -0.3 is 8.83 Å². The van der Waals surface area contributed by atoms with Crippen molar-refractivity contribution in [1.29, 1.82) is 0 Å². The van der Waals surface area contributed by atoms with Gasteiger partial charge in [0.25, 0.3) is 5.89 Å². The predicted octanol–water partition coefficient (Wildman–Crippen LogP) is 3.85. The Balaban J connectivity index is 2.24. The molecule has 3 rings (SSSR count). The van der Waals surface area contributed by atoms with E-state index in [-0.39, 0.29) is 0 Å². The summed E-state index contributed by atoms with van der Waals surface area (Å²) in [5.41, 5.74) is 1.59. The van der Waals surface area contributed by atoms with E-state index in [0.29, 0.717) is 11.7 Å². The fourth-order valence-corrected chi connectivity index (χ4v) is 1.79. The highest BCUT2D eigenvalue weighted by Crippen LogP contribution is 2.30. The number of aromatic nitrogens is 1. The second kappa shape index (κ2) is 3.24. The number of halogens is 1. The Morgan fingerprint density at radius 3 is 2.73 bits per heavy atom. The fourth-order valence-electron chi connectivity index (χ4n) is 1.42. The first-order valence-electron chi connectivity index (χ1n) is 4.43. The lowest BCUT2D eigenvalue weighted by Crippen LogP contribution is -1.72. The van der Waals surface area contributed by atoms with Gasteiger partial charge in [0.2, 0.25) is 5.76 Å². The molecular formula is C11H6BrNO2. The van der Waals surface area contributed by atoms with Gasteiger partial charge in [0, 0.05) is 0 Å². The van der Waals surface area contributed by atoms with Crippen molar-refractivity contribution in [2.45, 2.75) is 0 Å². The van der Waals surface area contributed by atoms with Crippen molar-refractivity contribution < 1.29 is 8.83 Å². The summed E-state index contributed by atoms with van der Waals surface area (Å²) in [5, 5.41) is 0. The van der Waals surface area contributed by atoms with E-state index in [1.54, 1.807) is 6.26 Å². The van der Waals surface area contributed by atoms with E-state index < -0.39 is 0 Å². The van der Waals surface area contributed by atoms with E-state index in [4.69, 9.17) is 8.83 Å². The second-order valence-corrected chi connectivity index (χ2v) is 3.94. The second-order valence-electron chi connectivity index (χ2n) is 3.08. The van der Waals surface area contributed by atoms with Crippen molar-refractivity contribution in [3.63, 3.8) is 0 Å². The van der Waals surface area contributed by atoms with Gasteiger partial charge in [0.15, 0.2) is 5.58 Å². The zero-order valence-corrected chi connectivity index (χ0v) is 9.19. The standard InChI is InChI=1S/C11H6BrNO2/c12-7-5-6-14-10(7)11-13-8-3-1-2-4-9(8)15-11/h1-6H. The molecule has 0 aliphatic carbocycles. The Morgan fingerprint density at radius 2 is 2.00 bits per heavy atom. The molecule has 0 atom stereocenters. The molecule has 0 fully saturated rings. The van der Waals surface area contributed by atoms with Gasteiger partial charge in [-0.25, -0.2) is 4.98 Å². The summed E-state index contributed by atoms with van der Waals surface area (Å²) in [6.45, 7) is 0. The van der Waals surface area contributed by atoms with Crippen LogP contribution in [-0.2, 0) is 0 Å². The van der Waals surface area contributed by atoms with Crippen molar-refractivity contribution in [2.75, 3.05) is 0 Å². The van der Waals surface area contributed by atoms with Gasteiger partial charge in [-0.05, 0) is 34.1 Å². The number of furan rings is 1. The smallest absolute Gasteiger partial charge is 0.265 e. The number of rotatable bonds is 1. The Hall–Kier alpha value is -1.55. The van der Waals surface area contributed by atoms with Crippen LogP contribution in [0.1, 0.15) is 0 Å². The molecule has 1 aromatic carbocycles. The summed E-state index contributed by atoms with van der Waals surface area (Å²) in [7, 11) is 0. The van der Waals surface area contributed by atoms with Crippen LogP contribution in [0.3, 0.4) is 0 Å². The Kier molecular flexibility index (Phi) is 1.89. The van der Waals surface area contributed by atoms with Crippen LogP contribution in [-0.4, -0.2) is 4.98 Å². The molecule has 0 aliphatic heterocycles. The van der Waals surface area contributed by atoms with Crippen LogP contribution >= 0.6 is 15.9 Å². The average molecular weight is 264 g/mol. The molecule has 74 valence electrons. The summed E-state index contributed by atoms with van der Waals surface area (Å²) >= 11 is 3.37. The molecule has 15 heavy (non-hydrogen) atoms. The third-order valence-corrected chi connectivity index (χ3v) is 2.73. The summed E-state index contributed by atoms with van der Waals surface area (Å²) in [4.78, 5) is 4.33. The first-order chi connectivity index (χ1) is 7.34. The van der Waals surface area contributed by atoms with Crippen LogP contribution in [0.25, 0.3) is 22.8 Å². The van der Waals surface area contributed by atoms with Crippen molar-refractivity contribution in [3.05, 3.63) is 41.1 Å². The lowest BCUT2D eigenvalue weighted by Gasteiger charge is -1.87. The van der Waals surface area contributed by atoms with Crippen LogP contribution in [0, 0.1) is 0 Å². The minimum atomic E-state index is 0.494. The molecular weight excluding hydrogens is 258 g/mol. The summed E-state index contributed by atoms with van der Waals surface area (Å²) in [6, 6.07) is 9.42. The van der Waals surface area contributed by atoms with Crippen molar-refractivity contribution >= 4 is 27.0 Å². The number of fused-ring (bicyclic) bond motifs is 1. The molecule has 4 heteroatoms. The van der Waals surface area contributed by atoms with Gasteiger partial charge in [0.05, 0.1) is 10.7 Å². The molecule has 3 nitrogen and oxygen atoms in total. The van der Waals surface area contributed by atoms with E-state index in [9.17, 15) is 0 Å². The summed E-state index contributed by atoms with van der Waals surface area (Å²) in [6.07, 6.45) is 1.59. The van der Waals surface area contributed by atoms with Crippen LogP contribution in [0.5, 0.6) is 0 Å². The normalized spacial score (nSPS) is 11.0. The maximum Gasteiger partial charge on any atom is 0.265 e. The highest BCUT2D eigenvalue weighted by molar-refractivity contribution is 9.10. The van der Waals surface area contributed by atoms with Crippen LogP contribution in [0.15, 0.2) is 49.9 Å². The number of nitrogens with zero attached hydrogens (tertiary/aromatic N) is 1. The van der Waals surface area contributed by atoms with E-state index in [0.717, 1.165) is 15.6 Å². The van der Waals surface area contributed by atoms with Gasteiger partial charge in [-0.1, -0.05) is 12.1 Å². The minimum absolute atomic E-state index is 0.494. The maximum atomic E-state index is 5.56. The molecule has 0 spiro atoms. The Morgan fingerprint density at radius 1 is 1.13 bits per heavy atom. The summed E-state index contributed by atoms with van der Waals surface area (Å²) < 4.78 is 11.7. The number of benzene rings is 1. The maximum absolute atomic E-state index is 5.56. The molecule has 0 bridgehead atoms. The molecule has 2 aromatic heterocycles. The molecule has 2 heterocycles. The van der Waals surface area contributed by atoms with Crippen LogP contribution < -0.4 is 0 Å². The van der Waals surface area contributed by atoms with Gasteiger partial charge >= 0.3 is 0 Å². The van der Waals surface area contributed by atoms with Gasteiger partial charge in [-0.15, -0.1) is 0 Å². The van der Waals surface area contributed by atoms with Crippen molar-refractivity contribution in [3.8, 4) is 11.7 Å². The molecule has 0 N–H and O–H groups in total. The predicted molar refractivity (Wildman–Crippen MR) is 59.4 cm³/mol. The third kappa shape index (κ3) is 1.37. The largest absolute Gasteiger partial charge is 0.458 e. The summed E-state index contributed by atoms with van der Waals surface area (Å²) in [5.74, 6) is 1.11. The zero-order chi connectivity index (χ0) is 10.3. The Bertz CT molecular complexity index is 579. The van der Waals surface area contributed by atoms with Crippen molar-refractivity contribution in [1.82, 2.24) is 4.98 Å². The quantitative estimate of drug-likeness (QED) is 0.670. The first-order valence-corrected chi connectivity index (χ1v) is 5.23. The number of hydrogen-bond acceptors (Lipinski definition) is 3. The van der Waals surface area contributed by atoms with E-state index in [2.05, 4.69) is 20.9 Å². The molecule has 0 unspecified atom stereocenters. The molecule has 0 amide bonds. The first kappa shape index (κ1) is 8.73. The number of oxazole rings is 1. The molecule has 3 aromatic rings. The molecule has 0 saturated carbocycles. The van der Waals surface area contributed by atoms with Crippen molar-refractivity contribution in [2.24, 2.45) is 0 Å². The van der Waals surface area contributed by atoms with Crippen LogP contribution in [0.2, 0.25) is 0 Å².